The third-order valence-electron chi connectivity index (χ3n) is 2.44. The van der Waals surface area contributed by atoms with E-state index in [-0.39, 0.29) is 27.8 Å². The van der Waals surface area contributed by atoms with E-state index in [0.717, 1.165) is 6.07 Å². The molecule has 0 bridgehead atoms. The van der Waals surface area contributed by atoms with Crippen molar-refractivity contribution in [3.63, 3.8) is 0 Å². The standard InChI is InChI=1S/C10H9BrClFN4O3S/c1-4-16-7(17-20-4)3-15-21(18,19)6-2-5(12)8(11)10(14)9(6)13/h2,15H,3,14H2,1H3. The van der Waals surface area contributed by atoms with E-state index in [9.17, 15) is 12.8 Å². The van der Waals surface area contributed by atoms with Crippen LogP contribution in [0.5, 0.6) is 0 Å². The molecule has 0 aliphatic rings. The molecule has 1 heterocycles. The van der Waals surface area contributed by atoms with Crippen LogP contribution in [0.15, 0.2) is 20.0 Å². The maximum Gasteiger partial charge on any atom is 0.244 e. The monoisotopic (exact) mass is 398 g/mol. The van der Waals surface area contributed by atoms with Gasteiger partial charge in [-0.15, -0.1) is 0 Å². The Balaban J connectivity index is 2.32. The van der Waals surface area contributed by atoms with Gasteiger partial charge < -0.3 is 10.3 Å². The van der Waals surface area contributed by atoms with Gasteiger partial charge in [-0.2, -0.15) is 4.98 Å². The van der Waals surface area contributed by atoms with E-state index < -0.39 is 26.4 Å². The summed E-state index contributed by atoms with van der Waals surface area (Å²) in [6.45, 7) is 1.30. The van der Waals surface area contributed by atoms with Gasteiger partial charge in [0.1, 0.15) is 4.90 Å². The Kier molecular flexibility index (Phi) is 4.51. The molecular formula is C10H9BrClFN4O3S. The number of rotatable bonds is 4. The van der Waals surface area contributed by atoms with Crippen LogP contribution in [-0.4, -0.2) is 18.6 Å². The minimum Gasteiger partial charge on any atom is -0.395 e. The molecule has 0 saturated heterocycles. The maximum absolute atomic E-state index is 14.0. The molecule has 0 aliphatic heterocycles. The fourth-order valence-electron chi connectivity index (χ4n) is 1.45. The third kappa shape index (κ3) is 3.34. The number of hydrogen-bond acceptors (Lipinski definition) is 6. The van der Waals surface area contributed by atoms with E-state index >= 15 is 0 Å². The average Bonchev–Trinajstić information content (AvgIpc) is 2.84. The molecule has 7 nitrogen and oxygen atoms in total. The number of halogens is 3. The van der Waals surface area contributed by atoms with Crippen LogP contribution in [0.1, 0.15) is 11.7 Å². The van der Waals surface area contributed by atoms with Crippen molar-refractivity contribution >= 4 is 43.2 Å². The van der Waals surface area contributed by atoms with Gasteiger partial charge in [0.15, 0.2) is 11.6 Å². The molecule has 1 aromatic carbocycles. The summed E-state index contributed by atoms with van der Waals surface area (Å²) in [5.41, 5.74) is 5.06. The Hall–Kier alpha value is -1.23. The number of nitrogens with one attached hydrogen (secondary N) is 1. The molecule has 21 heavy (non-hydrogen) atoms. The molecule has 0 amide bonds. The van der Waals surface area contributed by atoms with Crippen molar-refractivity contribution in [1.82, 2.24) is 14.9 Å². The Morgan fingerprint density at radius 2 is 2.24 bits per heavy atom. The molecule has 0 aliphatic carbocycles. The van der Waals surface area contributed by atoms with E-state index in [1.807, 2.05) is 0 Å². The Bertz CT molecular complexity index is 796. The van der Waals surface area contributed by atoms with Crippen LogP contribution in [0.4, 0.5) is 10.1 Å². The summed E-state index contributed by atoms with van der Waals surface area (Å²) in [5, 5.41) is 3.50. The topological polar surface area (TPSA) is 111 Å². The van der Waals surface area contributed by atoms with Crippen molar-refractivity contribution in [2.24, 2.45) is 0 Å². The van der Waals surface area contributed by atoms with Crippen LogP contribution in [-0.2, 0) is 16.6 Å². The average molecular weight is 400 g/mol. The first-order valence-corrected chi connectivity index (χ1v) is 8.09. The van der Waals surface area contributed by atoms with Crippen molar-refractivity contribution in [1.29, 1.82) is 0 Å². The number of sulfonamides is 1. The number of nitrogens with zero attached hydrogens (tertiary/aromatic N) is 2. The predicted molar refractivity (Wildman–Crippen MR) is 76.6 cm³/mol. The quantitative estimate of drug-likeness (QED) is 0.601. The zero-order valence-corrected chi connectivity index (χ0v) is 13.7. The molecule has 0 radical (unpaired) electrons. The third-order valence-corrected chi connectivity index (χ3v) is 5.22. The van der Waals surface area contributed by atoms with Gasteiger partial charge >= 0.3 is 0 Å². The number of aryl methyl sites for hydroxylation is 1. The second-order valence-electron chi connectivity index (χ2n) is 3.95. The molecule has 2 aromatic rings. The van der Waals surface area contributed by atoms with Gasteiger partial charge in [-0.1, -0.05) is 16.8 Å². The summed E-state index contributed by atoms with van der Waals surface area (Å²) < 4.78 is 45.1. The predicted octanol–water partition coefficient (Wildman–Crippen LogP) is 1.99. The number of nitrogens with two attached hydrogens (primary N) is 1. The minimum atomic E-state index is -4.17. The normalized spacial score (nSPS) is 11.8. The first-order valence-electron chi connectivity index (χ1n) is 5.44. The second kappa shape index (κ2) is 5.87. The van der Waals surface area contributed by atoms with Gasteiger partial charge in [-0.3, -0.25) is 0 Å². The van der Waals surface area contributed by atoms with Gasteiger partial charge in [-0.25, -0.2) is 17.5 Å². The number of anilines is 1. The lowest BCUT2D eigenvalue weighted by molar-refractivity contribution is 0.387. The van der Waals surface area contributed by atoms with Crippen molar-refractivity contribution in [3.8, 4) is 0 Å². The van der Waals surface area contributed by atoms with Crippen molar-refractivity contribution < 1.29 is 17.3 Å². The van der Waals surface area contributed by atoms with Gasteiger partial charge in [0.05, 0.1) is 21.7 Å². The number of nitrogen functional groups attached to an aromatic ring is 1. The fraction of sp³-hybridized carbons (Fsp3) is 0.200. The largest absolute Gasteiger partial charge is 0.395 e. The number of hydrogen-bond donors (Lipinski definition) is 2. The summed E-state index contributed by atoms with van der Waals surface area (Å²) in [5.74, 6) is -0.693. The molecule has 3 N–H and O–H groups in total. The highest BCUT2D eigenvalue weighted by Gasteiger charge is 2.24. The lowest BCUT2D eigenvalue weighted by Gasteiger charge is -2.10. The highest BCUT2D eigenvalue weighted by atomic mass is 79.9. The Morgan fingerprint density at radius 1 is 1.57 bits per heavy atom. The van der Waals surface area contributed by atoms with Crippen LogP contribution < -0.4 is 10.5 Å². The van der Waals surface area contributed by atoms with Gasteiger partial charge in [0.2, 0.25) is 15.9 Å². The molecule has 0 fully saturated rings. The Morgan fingerprint density at radius 3 is 2.81 bits per heavy atom. The SMILES string of the molecule is Cc1nc(CNS(=O)(=O)c2cc(Cl)c(Br)c(N)c2F)no1. The van der Waals surface area contributed by atoms with Crippen LogP contribution in [0.3, 0.4) is 0 Å². The fourth-order valence-corrected chi connectivity index (χ4v) is 3.10. The molecule has 114 valence electrons. The van der Waals surface area contributed by atoms with Crippen molar-refractivity contribution in [2.75, 3.05) is 5.73 Å². The van der Waals surface area contributed by atoms with E-state index in [4.69, 9.17) is 21.9 Å². The minimum absolute atomic E-state index is 0.0234. The molecule has 0 saturated carbocycles. The van der Waals surface area contributed by atoms with Gasteiger partial charge in [0.25, 0.3) is 0 Å². The summed E-state index contributed by atoms with van der Waals surface area (Å²) in [7, 11) is -4.17. The number of aromatic nitrogens is 2. The molecule has 0 atom stereocenters. The first-order chi connectivity index (χ1) is 9.72. The Labute approximate surface area is 132 Å². The van der Waals surface area contributed by atoms with Gasteiger partial charge in [-0.05, 0) is 22.0 Å². The van der Waals surface area contributed by atoms with Crippen LogP contribution in [0, 0.1) is 12.7 Å². The molecule has 2 rings (SSSR count). The molecule has 0 spiro atoms. The molecule has 11 heteroatoms. The number of benzene rings is 1. The van der Waals surface area contributed by atoms with Crippen LogP contribution in [0.2, 0.25) is 5.02 Å². The smallest absolute Gasteiger partial charge is 0.244 e. The lowest BCUT2D eigenvalue weighted by Crippen LogP contribution is -2.25. The summed E-state index contributed by atoms with van der Waals surface area (Å²) in [6.07, 6.45) is 0. The molecule has 1 aromatic heterocycles. The zero-order chi connectivity index (χ0) is 15.8. The summed E-state index contributed by atoms with van der Waals surface area (Å²) in [4.78, 5) is 3.16. The zero-order valence-electron chi connectivity index (χ0n) is 10.5. The molecular weight excluding hydrogens is 391 g/mol. The van der Waals surface area contributed by atoms with E-state index in [1.54, 1.807) is 6.92 Å². The van der Waals surface area contributed by atoms with Gasteiger partial charge in [0, 0.05) is 6.92 Å². The van der Waals surface area contributed by atoms with Crippen molar-refractivity contribution in [3.05, 3.63) is 33.1 Å². The summed E-state index contributed by atoms with van der Waals surface area (Å²) in [6, 6.07) is 0.959. The van der Waals surface area contributed by atoms with E-state index in [0.29, 0.717) is 0 Å². The van der Waals surface area contributed by atoms with Crippen molar-refractivity contribution in [2.45, 2.75) is 18.4 Å². The summed E-state index contributed by atoms with van der Waals surface area (Å²) >= 11 is 8.76. The lowest BCUT2D eigenvalue weighted by atomic mass is 10.3. The molecule has 0 unspecified atom stereocenters. The van der Waals surface area contributed by atoms with Crippen LogP contribution >= 0.6 is 27.5 Å². The maximum atomic E-state index is 14.0. The van der Waals surface area contributed by atoms with Crippen LogP contribution in [0.25, 0.3) is 0 Å². The second-order valence-corrected chi connectivity index (χ2v) is 6.89. The van der Waals surface area contributed by atoms with E-state index in [2.05, 4.69) is 30.8 Å². The highest BCUT2D eigenvalue weighted by molar-refractivity contribution is 9.10. The first kappa shape index (κ1) is 16.1. The highest BCUT2D eigenvalue weighted by Crippen LogP contribution is 2.34. The van der Waals surface area contributed by atoms with E-state index in [1.165, 1.54) is 0 Å².